The predicted octanol–water partition coefficient (Wildman–Crippen LogP) is -0.575. The summed E-state index contributed by atoms with van der Waals surface area (Å²) in [6.07, 6.45) is 2.85. The summed E-state index contributed by atoms with van der Waals surface area (Å²) in [5.41, 5.74) is 0. The number of piperazine rings is 1. The Hall–Kier alpha value is -1.63. The number of hydrogen-bond donors (Lipinski definition) is 3. The predicted molar refractivity (Wildman–Crippen MR) is 75.5 cm³/mol. The van der Waals surface area contributed by atoms with Crippen molar-refractivity contribution >= 4 is 17.8 Å². The number of carbonyl (C=O) groups excluding carboxylic acids is 2. The maximum Gasteiger partial charge on any atom is 0.307 e. The molecule has 0 unspecified atom stereocenters. The van der Waals surface area contributed by atoms with E-state index < -0.39 is 17.8 Å². The van der Waals surface area contributed by atoms with Gasteiger partial charge in [0, 0.05) is 26.2 Å². The van der Waals surface area contributed by atoms with E-state index in [4.69, 9.17) is 0 Å². The SMILES string of the molecule is O=C(O)[C@H]1CCCC[C@H]1C(=O)NCC(=O)N1CCNCC1. The van der Waals surface area contributed by atoms with E-state index in [2.05, 4.69) is 10.6 Å². The molecule has 0 radical (unpaired) electrons. The summed E-state index contributed by atoms with van der Waals surface area (Å²) < 4.78 is 0. The summed E-state index contributed by atoms with van der Waals surface area (Å²) >= 11 is 0. The highest BCUT2D eigenvalue weighted by Gasteiger charge is 2.35. The van der Waals surface area contributed by atoms with Gasteiger partial charge >= 0.3 is 5.97 Å². The summed E-state index contributed by atoms with van der Waals surface area (Å²) in [6.45, 7) is 2.79. The van der Waals surface area contributed by atoms with E-state index in [1.807, 2.05) is 0 Å². The Labute approximate surface area is 124 Å². The molecule has 1 saturated heterocycles. The molecule has 2 fully saturated rings. The Morgan fingerprint density at radius 2 is 1.71 bits per heavy atom. The second-order valence-electron chi connectivity index (χ2n) is 5.68. The van der Waals surface area contributed by atoms with Crippen LogP contribution in [0.25, 0.3) is 0 Å². The van der Waals surface area contributed by atoms with E-state index in [1.165, 1.54) is 0 Å². The van der Waals surface area contributed by atoms with E-state index in [9.17, 15) is 19.5 Å². The van der Waals surface area contributed by atoms with Gasteiger partial charge in [-0.15, -0.1) is 0 Å². The van der Waals surface area contributed by atoms with Crippen molar-refractivity contribution in [3.63, 3.8) is 0 Å². The second kappa shape index (κ2) is 7.40. The molecule has 21 heavy (non-hydrogen) atoms. The highest BCUT2D eigenvalue weighted by molar-refractivity contribution is 5.88. The minimum absolute atomic E-state index is 0.0400. The number of nitrogens with one attached hydrogen (secondary N) is 2. The quantitative estimate of drug-likeness (QED) is 0.645. The minimum Gasteiger partial charge on any atom is -0.481 e. The molecule has 1 aliphatic carbocycles. The van der Waals surface area contributed by atoms with Crippen molar-refractivity contribution in [2.24, 2.45) is 11.8 Å². The monoisotopic (exact) mass is 297 g/mol. The van der Waals surface area contributed by atoms with Crippen LogP contribution in [0.15, 0.2) is 0 Å². The first-order valence-electron chi connectivity index (χ1n) is 7.58. The molecule has 2 atom stereocenters. The fourth-order valence-corrected chi connectivity index (χ4v) is 3.06. The summed E-state index contributed by atoms with van der Waals surface area (Å²) in [6, 6.07) is 0. The van der Waals surface area contributed by atoms with Crippen LogP contribution < -0.4 is 10.6 Å². The van der Waals surface area contributed by atoms with Crippen molar-refractivity contribution in [3.05, 3.63) is 0 Å². The van der Waals surface area contributed by atoms with Crippen molar-refractivity contribution < 1.29 is 19.5 Å². The van der Waals surface area contributed by atoms with Gasteiger partial charge in [-0.25, -0.2) is 0 Å². The Morgan fingerprint density at radius 1 is 1.10 bits per heavy atom. The third kappa shape index (κ3) is 4.17. The van der Waals surface area contributed by atoms with Crippen LogP contribution in [0.4, 0.5) is 0 Å². The molecule has 1 heterocycles. The Bertz CT molecular complexity index is 407. The van der Waals surface area contributed by atoms with Gasteiger partial charge in [0.2, 0.25) is 11.8 Å². The standard InChI is InChI=1S/C14H23N3O4/c18-12(17-7-5-15-6-8-17)9-16-13(19)10-3-1-2-4-11(10)14(20)21/h10-11,15H,1-9H2,(H,16,19)(H,20,21)/t10-,11+/m1/s1. The molecule has 0 aromatic carbocycles. The fourth-order valence-electron chi connectivity index (χ4n) is 3.06. The van der Waals surface area contributed by atoms with Crippen LogP contribution in [-0.2, 0) is 14.4 Å². The Morgan fingerprint density at radius 3 is 2.33 bits per heavy atom. The first-order valence-corrected chi connectivity index (χ1v) is 7.58. The van der Waals surface area contributed by atoms with Crippen molar-refractivity contribution in [1.29, 1.82) is 0 Å². The smallest absolute Gasteiger partial charge is 0.307 e. The maximum absolute atomic E-state index is 12.1. The molecule has 1 aliphatic heterocycles. The third-order valence-corrected chi connectivity index (χ3v) is 4.30. The largest absolute Gasteiger partial charge is 0.481 e. The number of carboxylic acids is 1. The summed E-state index contributed by atoms with van der Waals surface area (Å²) in [4.78, 5) is 37.0. The fraction of sp³-hybridized carbons (Fsp3) is 0.786. The average Bonchev–Trinajstić information content (AvgIpc) is 2.53. The van der Waals surface area contributed by atoms with E-state index in [1.54, 1.807) is 4.90 Å². The number of rotatable bonds is 4. The highest BCUT2D eigenvalue weighted by atomic mass is 16.4. The summed E-state index contributed by atoms with van der Waals surface area (Å²) in [5.74, 6) is -2.44. The molecule has 3 N–H and O–H groups in total. The molecule has 7 nitrogen and oxygen atoms in total. The molecule has 7 heteroatoms. The number of amides is 2. The highest BCUT2D eigenvalue weighted by Crippen LogP contribution is 2.30. The third-order valence-electron chi connectivity index (χ3n) is 4.30. The molecular formula is C14H23N3O4. The second-order valence-corrected chi connectivity index (χ2v) is 5.68. The zero-order valence-electron chi connectivity index (χ0n) is 12.1. The zero-order valence-corrected chi connectivity index (χ0v) is 12.1. The molecule has 118 valence electrons. The van der Waals surface area contributed by atoms with Crippen molar-refractivity contribution in [2.45, 2.75) is 25.7 Å². The molecule has 2 aliphatic rings. The Kier molecular flexibility index (Phi) is 5.55. The number of carboxylic acid groups (broad SMARTS) is 1. The van der Waals surface area contributed by atoms with E-state index >= 15 is 0 Å². The molecular weight excluding hydrogens is 274 g/mol. The Balaban J connectivity index is 1.82. The van der Waals surface area contributed by atoms with Crippen LogP contribution in [0, 0.1) is 11.8 Å². The lowest BCUT2D eigenvalue weighted by atomic mass is 9.79. The van der Waals surface area contributed by atoms with Gasteiger partial charge < -0.3 is 20.6 Å². The van der Waals surface area contributed by atoms with Crippen molar-refractivity contribution in [2.75, 3.05) is 32.7 Å². The normalized spacial score (nSPS) is 26.2. The van der Waals surface area contributed by atoms with Gasteiger partial charge in [0.15, 0.2) is 0 Å². The van der Waals surface area contributed by atoms with E-state index in [0.29, 0.717) is 25.9 Å². The van der Waals surface area contributed by atoms with Crippen LogP contribution in [0.3, 0.4) is 0 Å². The molecule has 1 saturated carbocycles. The topological polar surface area (TPSA) is 98.7 Å². The van der Waals surface area contributed by atoms with E-state index in [-0.39, 0.29) is 18.4 Å². The number of aliphatic carboxylic acids is 1. The van der Waals surface area contributed by atoms with Crippen LogP contribution in [0.1, 0.15) is 25.7 Å². The lowest BCUT2D eigenvalue weighted by molar-refractivity contribution is -0.149. The van der Waals surface area contributed by atoms with Crippen LogP contribution in [0.2, 0.25) is 0 Å². The van der Waals surface area contributed by atoms with Crippen LogP contribution >= 0.6 is 0 Å². The molecule has 2 amide bonds. The summed E-state index contributed by atoms with van der Waals surface area (Å²) in [7, 11) is 0. The maximum atomic E-state index is 12.1. The zero-order chi connectivity index (χ0) is 15.2. The van der Waals surface area contributed by atoms with Gasteiger partial charge in [-0.1, -0.05) is 12.8 Å². The van der Waals surface area contributed by atoms with E-state index in [0.717, 1.165) is 25.9 Å². The van der Waals surface area contributed by atoms with Gasteiger partial charge in [0.05, 0.1) is 18.4 Å². The van der Waals surface area contributed by atoms with Crippen molar-refractivity contribution in [1.82, 2.24) is 15.5 Å². The lowest BCUT2D eigenvalue weighted by Crippen LogP contribution is -2.50. The van der Waals surface area contributed by atoms with Gasteiger partial charge in [-0.05, 0) is 12.8 Å². The molecule has 2 rings (SSSR count). The van der Waals surface area contributed by atoms with Gasteiger partial charge in [-0.2, -0.15) is 0 Å². The lowest BCUT2D eigenvalue weighted by Gasteiger charge is -2.29. The number of nitrogens with zero attached hydrogens (tertiary/aromatic N) is 1. The average molecular weight is 297 g/mol. The molecule has 0 aromatic heterocycles. The van der Waals surface area contributed by atoms with Crippen molar-refractivity contribution in [3.8, 4) is 0 Å². The summed E-state index contributed by atoms with van der Waals surface area (Å²) in [5, 5.41) is 15.0. The van der Waals surface area contributed by atoms with Crippen LogP contribution in [0.5, 0.6) is 0 Å². The molecule has 0 spiro atoms. The number of hydrogen-bond acceptors (Lipinski definition) is 4. The van der Waals surface area contributed by atoms with Gasteiger partial charge in [-0.3, -0.25) is 14.4 Å². The first kappa shape index (κ1) is 15.8. The minimum atomic E-state index is -0.914. The molecule has 0 aromatic rings. The van der Waals surface area contributed by atoms with Gasteiger partial charge in [0.1, 0.15) is 0 Å². The van der Waals surface area contributed by atoms with Crippen LogP contribution in [-0.4, -0.2) is 60.5 Å². The van der Waals surface area contributed by atoms with Gasteiger partial charge in [0.25, 0.3) is 0 Å². The first-order chi connectivity index (χ1) is 10.1. The molecule has 0 bridgehead atoms. The number of carbonyl (C=O) groups is 3.